The third-order valence-corrected chi connectivity index (χ3v) is 4.30. The van der Waals surface area contributed by atoms with Gasteiger partial charge in [-0.25, -0.2) is 4.98 Å². The minimum Gasteiger partial charge on any atom is -0.310 e. The van der Waals surface area contributed by atoms with Gasteiger partial charge in [0, 0.05) is 22.7 Å². The molecule has 18 heavy (non-hydrogen) atoms. The first kappa shape index (κ1) is 13.2. The Hall–Kier alpha value is -1.19. The highest BCUT2D eigenvalue weighted by Gasteiger charge is 2.09. The summed E-state index contributed by atoms with van der Waals surface area (Å²) in [6.45, 7) is 7.47. The van der Waals surface area contributed by atoms with Gasteiger partial charge >= 0.3 is 0 Å². The molecule has 0 aliphatic carbocycles. The molecule has 0 radical (unpaired) electrons. The highest BCUT2D eigenvalue weighted by molar-refractivity contribution is 7.15. The van der Waals surface area contributed by atoms with E-state index in [2.05, 4.69) is 55.3 Å². The molecule has 0 fully saturated rings. The van der Waals surface area contributed by atoms with E-state index < -0.39 is 0 Å². The van der Waals surface area contributed by atoms with E-state index in [4.69, 9.17) is 0 Å². The van der Waals surface area contributed by atoms with Crippen molar-refractivity contribution >= 4 is 11.3 Å². The first-order chi connectivity index (χ1) is 8.74. The number of aromatic nitrogens is 1. The summed E-state index contributed by atoms with van der Waals surface area (Å²) in [7, 11) is 0. The Morgan fingerprint density at radius 3 is 2.56 bits per heavy atom. The van der Waals surface area contributed by atoms with Crippen molar-refractivity contribution in [2.45, 2.75) is 33.2 Å². The van der Waals surface area contributed by atoms with Crippen molar-refractivity contribution < 1.29 is 0 Å². The molecule has 96 valence electrons. The zero-order valence-corrected chi connectivity index (χ0v) is 12.1. The maximum absolute atomic E-state index is 4.52. The molecule has 2 aromatic rings. The van der Waals surface area contributed by atoms with Crippen LogP contribution in [0.4, 0.5) is 0 Å². The van der Waals surface area contributed by atoms with Crippen molar-refractivity contribution in [2.75, 3.05) is 6.54 Å². The summed E-state index contributed by atoms with van der Waals surface area (Å²) in [4.78, 5) is 5.82. The Kier molecular flexibility index (Phi) is 4.50. The van der Waals surface area contributed by atoms with Crippen LogP contribution in [0.3, 0.4) is 0 Å². The molecule has 0 saturated heterocycles. The summed E-state index contributed by atoms with van der Waals surface area (Å²) in [5, 5.41) is 4.52. The number of hydrogen-bond acceptors (Lipinski definition) is 3. The van der Waals surface area contributed by atoms with E-state index in [1.807, 2.05) is 6.20 Å². The highest BCUT2D eigenvalue weighted by Crippen LogP contribution is 2.28. The molecular formula is C15H20N2S. The van der Waals surface area contributed by atoms with Crippen LogP contribution in [0.2, 0.25) is 0 Å². The van der Waals surface area contributed by atoms with Crippen LogP contribution >= 0.6 is 11.3 Å². The number of nitrogens with one attached hydrogen (secondary N) is 1. The smallest absolute Gasteiger partial charge is 0.123 e. The van der Waals surface area contributed by atoms with Crippen molar-refractivity contribution in [2.24, 2.45) is 0 Å². The fourth-order valence-electron chi connectivity index (χ4n) is 1.91. The van der Waals surface area contributed by atoms with Crippen molar-refractivity contribution in [3.8, 4) is 10.6 Å². The molecular weight excluding hydrogens is 240 g/mol. The molecule has 2 nitrogen and oxygen atoms in total. The zero-order chi connectivity index (χ0) is 13.0. The summed E-state index contributed by atoms with van der Waals surface area (Å²) in [5.41, 5.74) is 2.59. The summed E-state index contributed by atoms with van der Waals surface area (Å²) >= 11 is 1.77. The Balaban J connectivity index is 2.18. The van der Waals surface area contributed by atoms with Crippen LogP contribution in [0.15, 0.2) is 30.5 Å². The second kappa shape index (κ2) is 6.12. The molecule has 1 N–H and O–H groups in total. The van der Waals surface area contributed by atoms with Gasteiger partial charge in [0.25, 0.3) is 0 Å². The average Bonchev–Trinajstić information content (AvgIpc) is 2.89. The molecule has 1 aromatic carbocycles. The lowest BCUT2D eigenvalue weighted by Crippen LogP contribution is -2.16. The van der Waals surface area contributed by atoms with Gasteiger partial charge in [-0.2, -0.15) is 0 Å². The number of rotatable bonds is 5. The van der Waals surface area contributed by atoms with Gasteiger partial charge in [-0.05, 0) is 25.5 Å². The molecule has 0 aliphatic heterocycles. The first-order valence-electron chi connectivity index (χ1n) is 6.53. The van der Waals surface area contributed by atoms with Crippen LogP contribution in [0, 0.1) is 0 Å². The van der Waals surface area contributed by atoms with E-state index in [1.165, 1.54) is 16.0 Å². The Labute approximate surface area is 113 Å². The van der Waals surface area contributed by atoms with Crippen molar-refractivity contribution in [3.63, 3.8) is 0 Å². The number of nitrogens with zero attached hydrogens (tertiary/aromatic N) is 1. The molecule has 3 heteroatoms. The fraction of sp³-hybridized carbons (Fsp3) is 0.400. The maximum Gasteiger partial charge on any atom is 0.123 e. The van der Waals surface area contributed by atoms with Crippen LogP contribution in [0.25, 0.3) is 10.6 Å². The van der Waals surface area contributed by atoms with E-state index >= 15 is 0 Å². The van der Waals surface area contributed by atoms with E-state index in [-0.39, 0.29) is 0 Å². The van der Waals surface area contributed by atoms with Gasteiger partial charge in [-0.1, -0.05) is 38.1 Å². The van der Waals surface area contributed by atoms with Gasteiger partial charge in [0.15, 0.2) is 0 Å². The maximum atomic E-state index is 4.52. The average molecular weight is 260 g/mol. The van der Waals surface area contributed by atoms with Gasteiger partial charge in [-0.3, -0.25) is 0 Å². The van der Waals surface area contributed by atoms with E-state index in [0.717, 1.165) is 18.0 Å². The Bertz CT molecular complexity index is 487. The third kappa shape index (κ3) is 2.98. The van der Waals surface area contributed by atoms with Gasteiger partial charge in [-0.15, -0.1) is 11.3 Å². The van der Waals surface area contributed by atoms with Gasteiger partial charge < -0.3 is 5.32 Å². The lowest BCUT2D eigenvalue weighted by molar-refractivity contribution is 0.606. The monoisotopic (exact) mass is 260 g/mol. The molecule has 1 unspecified atom stereocenters. The lowest BCUT2D eigenvalue weighted by atomic mass is 10.1. The molecule has 0 amide bonds. The minimum atomic E-state index is 0.385. The van der Waals surface area contributed by atoms with E-state index in [1.54, 1.807) is 11.3 Å². The van der Waals surface area contributed by atoms with E-state index in [0.29, 0.717) is 6.04 Å². The SMILES string of the molecule is CCNC(C)c1cnc(-c2ccc(CC)cc2)s1. The van der Waals surface area contributed by atoms with Crippen molar-refractivity contribution in [3.05, 3.63) is 40.9 Å². The molecule has 0 spiro atoms. The third-order valence-electron chi connectivity index (χ3n) is 3.07. The predicted molar refractivity (Wildman–Crippen MR) is 79.0 cm³/mol. The number of benzene rings is 1. The topological polar surface area (TPSA) is 24.9 Å². The largest absolute Gasteiger partial charge is 0.310 e. The molecule has 0 saturated carbocycles. The molecule has 2 rings (SSSR count). The minimum absolute atomic E-state index is 0.385. The summed E-state index contributed by atoms with van der Waals surface area (Å²) in [6.07, 6.45) is 3.07. The quantitative estimate of drug-likeness (QED) is 0.877. The summed E-state index contributed by atoms with van der Waals surface area (Å²) in [5.74, 6) is 0. The Morgan fingerprint density at radius 2 is 1.94 bits per heavy atom. The van der Waals surface area contributed by atoms with Crippen LogP contribution in [-0.2, 0) is 6.42 Å². The second-order valence-electron chi connectivity index (χ2n) is 4.40. The van der Waals surface area contributed by atoms with Crippen LogP contribution in [0.5, 0.6) is 0 Å². The first-order valence-corrected chi connectivity index (χ1v) is 7.34. The lowest BCUT2D eigenvalue weighted by Gasteiger charge is -2.08. The molecule has 1 atom stereocenters. The van der Waals surface area contributed by atoms with Crippen LogP contribution < -0.4 is 5.32 Å². The predicted octanol–water partition coefficient (Wildman–Crippen LogP) is 4.04. The second-order valence-corrected chi connectivity index (χ2v) is 5.46. The summed E-state index contributed by atoms with van der Waals surface area (Å²) < 4.78 is 0. The molecule has 1 heterocycles. The molecule has 1 aromatic heterocycles. The number of hydrogen-bond donors (Lipinski definition) is 1. The van der Waals surface area contributed by atoms with Crippen molar-refractivity contribution in [1.82, 2.24) is 10.3 Å². The fourth-order valence-corrected chi connectivity index (χ4v) is 2.86. The standard InChI is InChI=1S/C15H20N2S/c1-4-12-6-8-13(9-7-12)15-17-10-14(18-15)11(3)16-5-2/h6-11,16H,4-5H2,1-3H3. The zero-order valence-electron chi connectivity index (χ0n) is 11.2. The van der Waals surface area contributed by atoms with Crippen molar-refractivity contribution in [1.29, 1.82) is 0 Å². The van der Waals surface area contributed by atoms with Gasteiger partial charge in [0.2, 0.25) is 0 Å². The normalized spacial score (nSPS) is 12.6. The van der Waals surface area contributed by atoms with Gasteiger partial charge in [0.1, 0.15) is 5.01 Å². The van der Waals surface area contributed by atoms with Gasteiger partial charge in [0.05, 0.1) is 0 Å². The van der Waals surface area contributed by atoms with Crippen LogP contribution in [0.1, 0.15) is 37.3 Å². The van der Waals surface area contributed by atoms with E-state index in [9.17, 15) is 0 Å². The molecule has 0 aliphatic rings. The number of aryl methyl sites for hydroxylation is 1. The Morgan fingerprint density at radius 1 is 1.22 bits per heavy atom. The molecule has 0 bridgehead atoms. The number of thiazole rings is 1. The summed E-state index contributed by atoms with van der Waals surface area (Å²) in [6, 6.07) is 9.09. The van der Waals surface area contributed by atoms with Crippen LogP contribution in [-0.4, -0.2) is 11.5 Å². The highest BCUT2D eigenvalue weighted by atomic mass is 32.1.